The predicted molar refractivity (Wildman–Crippen MR) is 144 cm³/mol. The molecule has 4 rings (SSSR count). The van der Waals surface area contributed by atoms with Crippen LogP contribution >= 0.6 is 0 Å². The van der Waals surface area contributed by atoms with Crippen LogP contribution < -0.4 is 16.0 Å². The van der Waals surface area contributed by atoms with Crippen LogP contribution in [0.5, 0.6) is 0 Å². The molecule has 1 heterocycles. The van der Waals surface area contributed by atoms with Crippen molar-refractivity contribution in [1.29, 1.82) is 0 Å². The van der Waals surface area contributed by atoms with Crippen LogP contribution in [0, 0.1) is 12.7 Å². The summed E-state index contributed by atoms with van der Waals surface area (Å²) in [6.07, 6.45) is 4.42. The molecular formula is C29H24FN5O3. The van der Waals surface area contributed by atoms with Crippen molar-refractivity contribution < 1.29 is 18.8 Å². The molecule has 38 heavy (non-hydrogen) atoms. The van der Waals surface area contributed by atoms with Gasteiger partial charge in [0.15, 0.2) is 0 Å². The first kappa shape index (κ1) is 25.9. The van der Waals surface area contributed by atoms with Gasteiger partial charge in [0.1, 0.15) is 11.6 Å². The van der Waals surface area contributed by atoms with Gasteiger partial charge in [-0.2, -0.15) is 0 Å². The summed E-state index contributed by atoms with van der Waals surface area (Å²) >= 11 is 0. The summed E-state index contributed by atoms with van der Waals surface area (Å²) < 4.78 is 14.4. The van der Waals surface area contributed by atoms with E-state index in [9.17, 15) is 18.8 Å². The number of hydrogen-bond acceptors (Lipinski definition) is 5. The van der Waals surface area contributed by atoms with Crippen molar-refractivity contribution in [1.82, 2.24) is 9.97 Å². The number of halogens is 1. The van der Waals surface area contributed by atoms with Crippen LogP contribution in [0.25, 0.3) is 0 Å². The van der Waals surface area contributed by atoms with Crippen molar-refractivity contribution >= 4 is 34.8 Å². The second-order valence-corrected chi connectivity index (χ2v) is 8.43. The van der Waals surface area contributed by atoms with Crippen LogP contribution in [0.1, 0.15) is 37.7 Å². The van der Waals surface area contributed by atoms with E-state index in [0.717, 1.165) is 17.2 Å². The fraction of sp³-hybridized carbons (Fsp3) is 0.0690. The van der Waals surface area contributed by atoms with Crippen LogP contribution in [0.15, 0.2) is 91.8 Å². The molecule has 1 aromatic heterocycles. The Morgan fingerprint density at radius 3 is 2.29 bits per heavy atom. The molecule has 0 fully saturated rings. The fourth-order valence-electron chi connectivity index (χ4n) is 3.61. The van der Waals surface area contributed by atoms with Gasteiger partial charge >= 0.3 is 0 Å². The Labute approximate surface area is 218 Å². The maximum atomic E-state index is 14.4. The summed E-state index contributed by atoms with van der Waals surface area (Å²) in [6.45, 7) is 5.30. The lowest BCUT2D eigenvalue weighted by Gasteiger charge is -2.10. The Morgan fingerprint density at radius 1 is 0.842 bits per heavy atom. The zero-order valence-corrected chi connectivity index (χ0v) is 20.5. The lowest BCUT2D eigenvalue weighted by molar-refractivity contribution is -0.111. The van der Waals surface area contributed by atoms with Crippen molar-refractivity contribution in [2.24, 2.45) is 0 Å². The molecule has 0 spiro atoms. The summed E-state index contributed by atoms with van der Waals surface area (Å²) in [5, 5.41) is 7.95. The number of benzene rings is 3. The molecule has 3 amide bonds. The highest BCUT2D eigenvalue weighted by Gasteiger charge is 2.15. The van der Waals surface area contributed by atoms with Crippen molar-refractivity contribution in [3.8, 4) is 0 Å². The monoisotopic (exact) mass is 509 g/mol. The maximum Gasteiger partial charge on any atom is 0.258 e. The second kappa shape index (κ2) is 11.7. The van der Waals surface area contributed by atoms with Gasteiger partial charge in [-0.15, -0.1) is 0 Å². The summed E-state index contributed by atoms with van der Waals surface area (Å²) in [5.74, 6) is -1.64. The first-order chi connectivity index (χ1) is 18.3. The van der Waals surface area contributed by atoms with E-state index in [0.29, 0.717) is 23.5 Å². The van der Waals surface area contributed by atoms with Gasteiger partial charge < -0.3 is 16.0 Å². The van der Waals surface area contributed by atoms with Crippen LogP contribution in [-0.4, -0.2) is 27.7 Å². The molecular weight excluding hydrogens is 485 g/mol. The molecule has 0 saturated heterocycles. The van der Waals surface area contributed by atoms with Gasteiger partial charge in [-0.25, -0.2) is 14.4 Å². The van der Waals surface area contributed by atoms with E-state index in [4.69, 9.17) is 0 Å². The number of carbonyl (C=O) groups is 3. The average molecular weight is 510 g/mol. The number of hydrogen-bond donors (Lipinski definition) is 3. The molecule has 3 aromatic carbocycles. The number of aryl methyl sites for hydroxylation is 1. The average Bonchev–Trinajstić information content (AvgIpc) is 2.91. The third kappa shape index (κ3) is 6.73. The number of nitrogens with zero attached hydrogens (tertiary/aromatic N) is 2. The minimum absolute atomic E-state index is 0.241. The summed E-state index contributed by atoms with van der Waals surface area (Å²) in [6, 6.07) is 18.0. The molecule has 0 aliphatic carbocycles. The van der Waals surface area contributed by atoms with E-state index in [1.165, 1.54) is 30.6 Å². The van der Waals surface area contributed by atoms with Crippen molar-refractivity contribution in [2.75, 3.05) is 16.0 Å². The molecule has 190 valence electrons. The number of carbonyl (C=O) groups excluding carboxylic acids is 3. The second-order valence-electron chi connectivity index (χ2n) is 8.43. The number of aromatic nitrogens is 2. The molecule has 4 aromatic rings. The van der Waals surface area contributed by atoms with E-state index in [2.05, 4.69) is 32.5 Å². The number of rotatable bonds is 8. The zero-order valence-electron chi connectivity index (χ0n) is 20.5. The number of anilines is 3. The normalized spacial score (nSPS) is 10.4. The van der Waals surface area contributed by atoms with E-state index < -0.39 is 11.7 Å². The molecule has 8 nitrogen and oxygen atoms in total. The topological polar surface area (TPSA) is 113 Å². The number of nitrogens with one attached hydrogen (secondary N) is 3. The smallest absolute Gasteiger partial charge is 0.258 e. The van der Waals surface area contributed by atoms with Gasteiger partial charge in [-0.1, -0.05) is 36.4 Å². The van der Waals surface area contributed by atoms with Gasteiger partial charge in [0, 0.05) is 23.4 Å². The van der Waals surface area contributed by atoms with Crippen LogP contribution in [0.3, 0.4) is 0 Å². The lowest BCUT2D eigenvalue weighted by Crippen LogP contribution is -2.16. The Hall–Kier alpha value is -5.18. The quantitative estimate of drug-likeness (QED) is 0.285. The Morgan fingerprint density at radius 2 is 1.55 bits per heavy atom. The van der Waals surface area contributed by atoms with Gasteiger partial charge in [0.05, 0.1) is 23.6 Å². The molecule has 0 unspecified atom stereocenters. The third-order valence-corrected chi connectivity index (χ3v) is 5.45. The van der Waals surface area contributed by atoms with Crippen molar-refractivity contribution in [3.63, 3.8) is 0 Å². The highest BCUT2D eigenvalue weighted by atomic mass is 19.1. The summed E-state index contributed by atoms with van der Waals surface area (Å²) in [5.41, 5.74) is 3.18. The van der Waals surface area contributed by atoms with E-state index in [-0.39, 0.29) is 28.8 Å². The molecule has 3 N–H and O–H groups in total. The molecule has 0 radical (unpaired) electrons. The predicted octanol–water partition coefficient (Wildman–Crippen LogP) is 5.14. The van der Waals surface area contributed by atoms with Crippen LogP contribution in [0.2, 0.25) is 0 Å². The molecule has 0 aliphatic heterocycles. The maximum absolute atomic E-state index is 14.4. The Balaban J connectivity index is 1.41. The highest BCUT2D eigenvalue weighted by Crippen LogP contribution is 2.19. The largest absolute Gasteiger partial charge is 0.323 e. The van der Waals surface area contributed by atoms with Gasteiger partial charge in [0.2, 0.25) is 5.91 Å². The number of amides is 3. The first-order valence-electron chi connectivity index (χ1n) is 11.6. The Kier molecular flexibility index (Phi) is 7.98. The SMILES string of the molecule is C=CC(=O)Nc1cccc(Cc2ncc(NC(=O)c3cc(NC(=O)c4cccc(C)c4)ccc3F)cn2)c1. The molecule has 9 heteroatoms. The molecule has 0 saturated carbocycles. The van der Waals surface area contributed by atoms with E-state index in [1.54, 1.807) is 36.4 Å². The van der Waals surface area contributed by atoms with Gasteiger partial charge in [-0.3, -0.25) is 14.4 Å². The van der Waals surface area contributed by atoms with Gasteiger partial charge in [0.25, 0.3) is 11.8 Å². The molecule has 0 bridgehead atoms. The summed E-state index contributed by atoms with van der Waals surface area (Å²) in [7, 11) is 0. The summed E-state index contributed by atoms with van der Waals surface area (Å²) in [4.78, 5) is 45.3. The Bertz CT molecular complexity index is 1520. The lowest BCUT2D eigenvalue weighted by atomic mass is 10.1. The van der Waals surface area contributed by atoms with Crippen molar-refractivity contribution in [3.05, 3.63) is 126 Å². The highest BCUT2D eigenvalue weighted by molar-refractivity contribution is 6.07. The minimum Gasteiger partial charge on any atom is -0.323 e. The molecule has 0 atom stereocenters. The standard InChI is InChI=1S/C29H24FN5O3/c1-3-27(36)33-21-9-5-7-19(13-21)14-26-31-16-23(17-32-26)35-29(38)24-15-22(10-11-25(24)30)34-28(37)20-8-4-6-18(2)12-20/h3-13,15-17H,1,14H2,2H3,(H,33,36)(H,34,37)(H,35,38). The van der Waals surface area contributed by atoms with E-state index in [1.807, 2.05) is 19.1 Å². The zero-order chi connectivity index (χ0) is 27.1. The third-order valence-electron chi connectivity index (χ3n) is 5.45. The van der Waals surface area contributed by atoms with Crippen molar-refractivity contribution in [2.45, 2.75) is 13.3 Å². The van der Waals surface area contributed by atoms with Gasteiger partial charge in [-0.05, 0) is 61.0 Å². The van der Waals surface area contributed by atoms with Crippen LogP contribution in [-0.2, 0) is 11.2 Å². The van der Waals surface area contributed by atoms with Crippen LogP contribution in [0.4, 0.5) is 21.5 Å². The fourth-order valence-corrected chi connectivity index (χ4v) is 3.61. The first-order valence-corrected chi connectivity index (χ1v) is 11.6. The molecule has 0 aliphatic rings. The van der Waals surface area contributed by atoms with E-state index >= 15 is 0 Å². The minimum atomic E-state index is -0.739.